The normalized spacial score (nSPS) is 11.1. The monoisotopic (exact) mass is 319 g/mol. The summed E-state index contributed by atoms with van der Waals surface area (Å²) < 4.78 is 26.1. The summed E-state index contributed by atoms with van der Waals surface area (Å²) in [6.45, 7) is 0.352. The van der Waals surface area contributed by atoms with Crippen LogP contribution in [-0.2, 0) is 6.54 Å². The summed E-state index contributed by atoms with van der Waals surface area (Å²) in [6.07, 6.45) is -1.36. The first-order valence-electron chi connectivity index (χ1n) is 6.64. The Morgan fingerprint density at radius 3 is 2.61 bits per heavy atom. The zero-order valence-electron chi connectivity index (χ0n) is 11.7. The Bertz CT molecular complexity index is 848. The first-order valence-corrected chi connectivity index (χ1v) is 6.64. The van der Waals surface area contributed by atoms with Gasteiger partial charge in [-0.3, -0.25) is 0 Å². The van der Waals surface area contributed by atoms with Crippen LogP contribution >= 0.6 is 0 Å². The van der Waals surface area contributed by atoms with Crippen LogP contribution in [0.2, 0.25) is 0 Å². The van der Waals surface area contributed by atoms with Gasteiger partial charge >= 0.3 is 5.82 Å². The molecule has 0 bridgehead atoms. The number of rotatable bonds is 5. The standard InChI is InChI=1S/C14H11F2N5O2/c15-14(16)10-3-1-9(2-4-10)7-17-11-5-6-12-18-8-13(21(22)23)20(12)19-11/h1-6,8,14H,7H2,(H,17,19). The number of nitrogens with zero attached hydrogens (tertiary/aromatic N) is 4. The van der Waals surface area contributed by atoms with Gasteiger partial charge in [0.1, 0.15) is 6.20 Å². The first-order chi connectivity index (χ1) is 11.0. The number of hydrogen-bond acceptors (Lipinski definition) is 5. The third-order valence-corrected chi connectivity index (χ3v) is 3.24. The topological polar surface area (TPSA) is 85.4 Å². The van der Waals surface area contributed by atoms with E-state index >= 15 is 0 Å². The van der Waals surface area contributed by atoms with Crippen LogP contribution in [-0.4, -0.2) is 19.5 Å². The lowest BCUT2D eigenvalue weighted by Crippen LogP contribution is -2.05. The van der Waals surface area contributed by atoms with Crippen molar-refractivity contribution in [3.63, 3.8) is 0 Å². The molecular weight excluding hydrogens is 308 g/mol. The van der Waals surface area contributed by atoms with Crippen molar-refractivity contribution in [1.82, 2.24) is 14.6 Å². The summed E-state index contributed by atoms with van der Waals surface area (Å²) in [6, 6.07) is 9.14. The maximum absolute atomic E-state index is 12.5. The zero-order chi connectivity index (χ0) is 16.4. The number of fused-ring (bicyclic) bond motifs is 1. The number of nitro groups is 1. The molecule has 7 nitrogen and oxygen atoms in total. The van der Waals surface area contributed by atoms with Crippen LogP contribution in [0.25, 0.3) is 5.65 Å². The van der Waals surface area contributed by atoms with Crippen molar-refractivity contribution >= 4 is 17.3 Å². The Hall–Kier alpha value is -3.10. The van der Waals surface area contributed by atoms with Gasteiger partial charge in [-0.25, -0.2) is 13.8 Å². The number of nitrogens with one attached hydrogen (secondary N) is 1. The molecule has 23 heavy (non-hydrogen) atoms. The minimum Gasteiger partial charge on any atom is -0.363 e. The van der Waals surface area contributed by atoms with Gasteiger partial charge in [0.05, 0.1) is 0 Å². The average molecular weight is 319 g/mol. The van der Waals surface area contributed by atoms with E-state index < -0.39 is 11.3 Å². The predicted octanol–water partition coefficient (Wildman–Crippen LogP) is 3.19. The molecule has 0 saturated heterocycles. The Balaban J connectivity index is 1.76. The van der Waals surface area contributed by atoms with Crippen molar-refractivity contribution in [3.05, 3.63) is 63.8 Å². The summed E-state index contributed by atoms with van der Waals surface area (Å²) >= 11 is 0. The SMILES string of the molecule is O=[N+]([O-])c1cnc2ccc(NCc3ccc(C(F)F)cc3)nn12. The van der Waals surface area contributed by atoms with Gasteiger partial charge in [-0.05, 0) is 16.6 Å². The van der Waals surface area contributed by atoms with Gasteiger partial charge in [0.15, 0.2) is 5.82 Å². The molecule has 9 heteroatoms. The fraction of sp³-hybridized carbons (Fsp3) is 0.143. The van der Waals surface area contributed by atoms with E-state index in [1.165, 1.54) is 12.1 Å². The molecule has 0 aliphatic heterocycles. The van der Waals surface area contributed by atoms with Gasteiger partial charge in [0, 0.05) is 18.2 Å². The summed E-state index contributed by atoms with van der Waals surface area (Å²) in [4.78, 5) is 14.2. The summed E-state index contributed by atoms with van der Waals surface area (Å²) in [5, 5.41) is 18.0. The minimum atomic E-state index is -2.50. The molecule has 0 amide bonds. The maximum Gasteiger partial charge on any atom is 0.368 e. The molecule has 0 saturated carbocycles. The van der Waals surface area contributed by atoms with Crippen LogP contribution in [0.5, 0.6) is 0 Å². The highest BCUT2D eigenvalue weighted by Gasteiger charge is 2.15. The van der Waals surface area contributed by atoms with E-state index in [4.69, 9.17) is 0 Å². The van der Waals surface area contributed by atoms with Crippen LogP contribution in [0, 0.1) is 10.1 Å². The van der Waals surface area contributed by atoms with Crippen molar-refractivity contribution in [2.45, 2.75) is 13.0 Å². The largest absolute Gasteiger partial charge is 0.368 e. The van der Waals surface area contributed by atoms with Crippen LogP contribution in [0.3, 0.4) is 0 Å². The van der Waals surface area contributed by atoms with E-state index in [9.17, 15) is 18.9 Å². The summed E-state index contributed by atoms with van der Waals surface area (Å²) in [5.74, 6) is 0.182. The number of aromatic nitrogens is 3. The quantitative estimate of drug-likeness (QED) is 0.576. The Kier molecular flexibility index (Phi) is 3.83. The lowest BCUT2D eigenvalue weighted by molar-refractivity contribution is -0.391. The highest BCUT2D eigenvalue weighted by Crippen LogP contribution is 2.19. The van der Waals surface area contributed by atoms with E-state index in [1.54, 1.807) is 24.3 Å². The van der Waals surface area contributed by atoms with Crippen LogP contribution in [0.4, 0.5) is 20.4 Å². The molecule has 2 heterocycles. The molecule has 3 aromatic rings. The highest BCUT2D eigenvalue weighted by molar-refractivity contribution is 5.48. The summed E-state index contributed by atoms with van der Waals surface area (Å²) in [7, 11) is 0. The number of hydrogen-bond donors (Lipinski definition) is 1. The molecule has 0 spiro atoms. The summed E-state index contributed by atoms with van der Waals surface area (Å²) in [5.41, 5.74) is 1.11. The lowest BCUT2D eigenvalue weighted by Gasteiger charge is -2.06. The Morgan fingerprint density at radius 1 is 1.22 bits per heavy atom. The minimum absolute atomic E-state index is 0.0395. The Labute approximate surface area is 128 Å². The van der Waals surface area contributed by atoms with Crippen LogP contribution in [0.15, 0.2) is 42.6 Å². The van der Waals surface area contributed by atoms with E-state index in [0.717, 1.165) is 16.3 Å². The highest BCUT2D eigenvalue weighted by atomic mass is 19.3. The van der Waals surface area contributed by atoms with Crippen LogP contribution in [0.1, 0.15) is 17.6 Å². The van der Waals surface area contributed by atoms with Gasteiger partial charge in [0.25, 0.3) is 6.43 Å². The van der Waals surface area contributed by atoms with Gasteiger partial charge < -0.3 is 15.4 Å². The van der Waals surface area contributed by atoms with Crippen LogP contribution < -0.4 is 5.32 Å². The number of halogens is 2. The Morgan fingerprint density at radius 2 is 1.96 bits per heavy atom. The molecule has 0 atom stereocenters. The number of benzene rings is 1. The van der Waals surface area contributed by atoms with Gasteiger partial charge in [-0.2, -0.15) is 0 Å². The molecule has 1 N–H and O–H groups in total. The van der Waals surface area contributed by atoms with E-state index in [1.807, 2.05) is 0 Å². The van der Waals surface area contributed by atoms with Crippen molar-refractivity contribution in [1.29, 1.82) is 0 Å². The van der Waals surface area contributed by atoms with Crippen molar-refractivity contribution < 1.29 is 13.7 Å². The van der Waals surface area contributed by atoms with Crippen molar-refractivity contribution in [2.24, 2.45) is 0 Å². The van der Waals surface area contributed by atoms with Crippen molar-refractivity contribution in [2.75, 3.05) is 5.32 Å². The van der Waals surface area contributed by atoms with E-state index in [-0.39, 0.29) is 11.4 Å². The fourth-order valence-corrected chi connectivity index (χ4v) is 2.05. The molecule has 0 unspecified atom stereocenters. The maximum atomic E-state index is 12.5. The number of alkyl halides is 2. The van der Waals surface area contributed by atoms with Gasteiger partial charge in [0.2, 0.25) is 5.65 Å². The third-order valence-electron chi connectivity index (χ3n) is 3.24. The van der Waals surface area contributed by atoms with Gasteiger partial charge in [-0.1, -0.05) is 33.9 Å². The molecule has 0 aliphatic rings. The van der Waals surface area contributed by atoms with Gasteiger partial charge in [-0.15, -0.1) is 0 Å². The second-order valence-electron chi connectivity index (χ2n) is 4.76. The molecular formula is C14H11F2N5O2. The van der Waals surface area contributed by atoms with Crippen molar-refractivity contribution in [3.8, 4) is 0 Å². The molecule has 1 aromatic carbocycles. The fourth-order valence-electron chi connectivity index (χ4n) is 2.05. The molecule has 3 rings (SSSR count). The zero-order valence-corrected chi connectivity index (χ0v) is 11.7. The molecule has 0 fully saturated rings. The predicted molar refractivity (Wildman–Crippen MR) is 78.4 cm³/mol. The molecule has 0 aliphatic carbocycles. The second-order valence-corrected chi connectivity index (χ2v) is 4.76. The molecule has 118 valence electrons. The number of anilines is 1. The third kappa shape index (κ3) is 3.07. The molecule has 2 aromatic heterocycles. The lowest BCUT2D eigenvalue weighted by atomic mass is 10.1. The first kappa shape index (κ1) is 14.8. The van der Waals surface area contributed by atoms with E-state index in [0.29, 0.717) is 18.0 Å². The van der Waals surface area contributed by atoms with E-state index in [2.05, 4.69) is 15.4 Å². The number of imidazole rings is 1. The smallest absolute Gasteiger partial charge is 0.363 e. The molecule has 0 radical (unpaired) electrons. The average Bonchev–Trinajstić information content (AvgIpc) is 2.96. The second kappa shape index (κ2) is 5.95.